The Morgan fingerprint density at radius 1 is 1.22 bits per heavy atom. The van der Waals surface area contributed by atoms with Crippen LogP contribution in [0.4, 0.5) is 4.79 Å². The fraction of sp³-hybridized carbons (Fsp3) is 0.938. The van der Waals surface area contributed by atoms with Crippen LogP contribution in [-0.4, -0.2) is 45.4 Å². The lowest BCUT2D eigenvalue weighted by Gasteiger charge is -2.34. The average Bonchev–Trinajstić information content (AvgIpc) is 2.35. The van der Waals surface area contributed by atoms with Gasteiger partial charge in [0.1, 0.15) is 5.60 Å². The molecule has 136 valence electrons. The molecule has 0 spiro atoms. The Labute approximate surface area is 142 Å². The molecule has 0 saturated carbocycles. The summed E-state index contributed by atoms with van der Waals surface area (Å²) in [6.07, 6.45) is 1.20. The maximum atomic E-state index is 12.1. The lowest BCUT2D eigenvalue weighted by atomic mass is 10.0. The lowest BCUT2D eigenvalue weighted by molar-refractivity contribution is -0.0195. The first-order valence-electron chi connectivity index (χ1n) is 8.17. The Morgan fingerprint density at radius 3 is 2.26 bits per heavy atom. The summed E-state index contributed by atoms with van der Waals surface area (Å²) in [5, 5.41) is 2.83. The number of hydrogen-bond acceptors (Lipinski definition) is 4. The summed E-state index contributed by atoms with van der Waals surface area (Å²) in [5.74, 6) is 0. The molecular formula is C16H32N2O4S. The van der Waals surface area contributed by atoms with Gasteiger partial charge in [-0.25, -0.2) is 13.7 Å². The molecule has 6 nitrogen and oxygen atoms in total. The quantitative estimate of drug-likeness (QED) is 0.818. The fourth-order valence-electron chi connectivity index (χ4n) is 2.18. The molecule has 7 heteroatoms. The molecule has 1 aliphatic rings. The third-order valence-corrected chi connectivity index (χ3v) is 5.14. The van der Waals surface area contributed by atoms with Crippen molar-refractivity contribution in [1.82, 2.24) is 10.0 Å². The second kappa shape index (κ2) is 7.94. The average molecular weight is 349 g/mol. The van der Waals surface area contributed by atoms with E-state index in [9.17, 15) is 9.00 Å². The Hall–Kier alpha value is -0.660. The second-order valence-corrected chi connectivity index (χ2v) is 10.1. The van der Waals surface area contributed by atoms with Crippen LogP contribution < -0.4 is 10.0 Å². The van der Waals surface area contributed by atoms with E-state index in [0.717, 1.165) is 12.8 Å². The van der Waals surface area contributed by atoms with Gasteiger partial charge in [-0.15, -0.1) is 0 Å². The van der Waals surface area contributed by atoms with Crippen molar-refractivity contribution in [3.63, 3.8) is 0 Å². The summed E-state index contributed by atoms with van der Waals surface area (Å²) in [4.78, 5) is 11.8. The monoisotopic (exact) mass is 348 g/mol. The van der Waals surface area contributed by atoms with Gasteiger partial charge in [0.05, 0.1) is 34.5 Å². The maximum Gasteiger partial charge on any atom is 0.407 e. The van der Waals surface area contributed by atoms with Crippen LogP contribution in [0.2, 0.25) is 0 Å². The Kier molecular flexibility index (Phi) is 7.04. The maximum absolute atomic E-state index is 12.1. The first-order chi connectivity index (χ1) is 10.4. The van der Waals surface area contributed by atoms with E-state index in [0.29, 0.717) is 6.61 Å². The molecule has 23 heavy (non-hydrogen) atoms. The molecule has 0 aromatic carbocycles. The molecule has 1 saturated heterocycles. The number of amides is 1. The zero-order valence-electron chi connectivity index (χ0n) is 15.4. The van der Waals surface area contributed by atoms with E-state index in [1.807, 2.05) is 48.5 Å². The number of alkyl carbamates (subject to hydrolysis) is 1. The molecule has 1 fully saturated rings. The summed E-state index contributed by atoms with van der Waals surface area (Å²) in [6.45, 7) is 13.7. The zero-order chi connectivity index (χ0) is 17.8. The lowest BCUT2D eigenvalue weighted by Crippen LogP contribution is -2.50. The molecule has 2 N–H and O–H groups in total. The molecule has 1 rings (SSSR count). The highest BCUT2D eigenvalue weighted by Gasteiger charge is 2.30. The van der Waals surface area contributed by atoms with Crippen molar-refractivity contribution in [2.75, 3.05) is 6.61 Å². The number of nitrogens with one attached hydrogen (secondary N) is 2. The molecule has 0 bridgehead atoms. The van der Waals surface area contributed by atoms with Crippen LogP contribution in [0.15, 0.2) is 0 Å². The van der Waals surface area contributed by atoms with Gasteiger partial charge in [0.2, 0.25) is 0 Å². The normalized spacial score (nSPS) is 25.5. The fourth-order valence-corrected chi connectivity index (χ4v) is 3.02. The minimum atomic E-state index is -1.12. The highest BCUT2D eigenvalue weighted by Crippen LogP contribution is 2.19. The Bertz CT molecular complexity index is 421. The molecule has 1 amide bonds. The second-order valence-electron chi connectivity index (χ2n) is 8.08. The van der Waals surface area contributed by atoms with Gasteiger partial charge in [0, 0.05) is 6.04 Å². The van der Waals surface area contributed by atoms with Crippen molar-refractivity contribution < 1.29 is 18.5 Å². The van der Waals surface area contributed by atoms with Crippen LogP contribution in [0.3, 0.4) is 0 Å². The first-order valence-corrected chi connectivity index (χ1v) is 9.32. The summed E-state index contributed by atoms with van der Waals surface area (Å²) < 4.78 is 26.0. The molecule has 0 aliphatic carbocycles. The van der Waals surface area contributed by atoms with Gasteiger partial charge in [-0.05, 0) is 61.3 Å². The van der Waals surface area contributed by atoms with Gasteiger partial charge in [-0.2, -0.15) is 0 Å². The van der Waals surface area contributed by atoms with E-state index < -0.39 is 22.7 Å². The molecular weight excluding hydrogens is 316 g/mol. The molecule has 1 unspecified atom stereocenters. The zero-order valence-corrected chi connectivity index (χ0v) is 16.2. The number of rotatable bonds is 4. The number of carbonyl (C=O) groups is 1. The van der Waals surface area contributed by atoms with Gasteiger partial charge < -0.3 is 14.8 Å². The first kappa shape index (κ1) is 20.4. The molecule has 1 aliphatic heterocycles. The van der Waals surface area contributed by atoms with E-state index >= 15 is 0 Å². The van der Waals surface area contributed by atoms with Crippen molar-refractivity contribution in [3.8, 4) is 0 Å². The largest absolute Gasteiger partial charge is 0.444 e. The number of carbonyl (C=O) groups excluding carboxylic acids is 1. The Balaban J connectivity index is 2.38. The Morgan fingerprint density at radius 2 is 1.83 bits per heavy atom. The van der Waals surface area contributed by atoms with Crippen LogP contribution in [-0.2, 0) is 20.5 Å². The summed E-state index contributed by atoms with van der Waals surface area (Å²) in [5.41, 5.74) is -0.502. The van der Waals surface area contributed by atoms with Gasteiger partial charge in [0.15, 0.2) is 0 Å². The predicted octanol–water partition coefficient (Wildman–Crippen LogP) is 2.50. The number of ether oxygens (including phenoxy) is 2. The van der Waals surface area contributed by atoms with Crippen LogP contribution in [0.1, 0.15) is 61.3 Å². The highest BCUT2D eigenvalue weighted by molar-refractivity contribution is 7.84. The van der Waals surface area contributed by atoms with Crippen molar-refractivity contribution in [2.24, 2.45) is 0 Å². The molecule has 0 aromatic heterocycles. The molecule has 0 radical (unpaired) electrons. The molecule has 4 atom stereocenters. The third kappa shape index (κ3) is 7.63. The SMILES string of the molecule is C[C@H](NS(=O)C(C)(C)C)[C@@H]1CC[C@@H](NC(=O)OC(C)(C)C)CO1. The number of hydrogen-bond donors (Lipinski definition) is 2. The third-order valence-electron chi connectivity index (χ3n) is 3.44. The summed E-state index contributed by atoms with van der Waals surface area (Å²) >= 11 is 0. The van der Waals surface area contributed by atoms with E-state index in [4.69, 9.17) is 9.47 Å². The topological polar surface area (TPSA) is 76.7 Å². The standard InChI is InChI=1S/C16H32N2O4S/c1-11(18-23(20)16(5,6)7)13-9-8-12(10-21-13)17-14(19)22-15(2,3)4/h11-13,18H,8-10H2,1-7H3,(H,17,19)/t11-,12+,13-,23?/m0/s1. The minimum Gasteiger partial charge on any atom is -0.444 e. The summed E-state index contributed by atoms with van der Waals surface area (Å²) in [7, 11) is -1.12. The molecule has 0 aromatic rings. The van der Waals surface area contributed by atoms with Crippen LogP contribution in [0.25, 0.3) is 0 Å². The summed E-state index contributed by atoms with van der Waals surface area (Å²) in [6, 6.07) is -0.0426. The predicted molar refractivity (Wildman–Crippen MR) is 92.6 cm³/mol. The van der Waals surface area contributed by atoms with Crippen molar-refractivity contribution in [2.45, 2.75) is 89.8 Å². The van der Waals surface area contributed by atoms with E-state index in [-0.39, 0.29) is 22.9 Å². The van der Waals surface area contributed by atoms with E-state index in [1.54, 1.807) is 0 Å². The van der Waals surface area contributed by atoms with Crippen molar-refractivity contribution >= 4 is 17.1 Å². The van der Waals surface area contributed by atoms with Crippen molar-refractivity contribution in [1.29, 1.82) is 0 Å². The highest BCUT2D eigenvalue weighted by atomic mass is 32.2. The smallest absolute Gasteiger partial charge is 0.407 e. The van der Waals surface area contributed by atoms with Crippen molar-refractivity contribution in [3.05, 3.63) is 0 Å². The van der Waals surface area contributed by atoms with Crippen LogP contribution >= 0.6 is 0 Å². The minimum absolute atomic E-state index is 0.00186. The van der Waals surface area contributed by atoms with Crippen LogP contribution in [0.5, 0.6) is 0 Å². The van der Waals surface area contributed by atoms with E-state index in [2.05, 4.69) is 10.0 Å². The van der Waals surface area contributed by atoms with Gasteiger partial charge in [0.25, 0.3) is 0 Å². The van der Waals surface area contributed by atoms with E-state index in [1.165, 1.54) is 0 Å². The van der Waals surface area contributed by atoms with Gasteiger partial charge in [-0.3, -0.25) is 0 Å². The van der Waals surface area contributed by atoms with Crippen LogP contribution in [0, 0.1) is 0 Å². The van der Waals surface area contributed by atoms with Gasteiger partial charge in [-0.1, -0.05) is 0 Å². The van der Waals surface area contributed by atoms with Gasteiger partial charge >= 0.3 is 6.09 Å². The molecule has 1 heterocycles.